The lowest BCUT2D eigenvalue weighted by Gasteiger charge is -2.35. The molecule has 7 nitrogen and oxygen atoms in total. The van der Waals surface area contributed by atoms with Crippen molar-refractivity contribution >= 4 is 61.9 Å². The Morgan fingerprint density at radius 3 is 2.61 bits per heavy atom. The van der Waals surface area contributed by atoms with Gasteiger partial charge in [-0.25, -0.2) is 0 Å². The lowest BCUT2D eigenvalue weighted by Crippen LogP contribution is -2.53. The van der Waals surface area contributed by atoms with Crippen molar-refractivity contribution in [2.75, 3.05) is 25.5 Å². The molecule has 0 aliphatic carbocycles. The van der Waals surface area contributed by atoms with Gasteiger partial charge in [-0.3, -0.25) is 14.4 Å². The van der Waals surface area contributed by atoms with Crippen LogP contribution in [-0.2, 0) is 14.4 Å². The van der Waals surface area contributed by atoms with Gasteiger partial charge in [0.2, 0.25) is 17.7 Å². The van der Waals surface area contributed by atoms with Gasteiger partial charge >= 0.3 is 0 Å². The zero-order valence-corrected chi connectivity index (χ0v) is 22.7. The number of carbonyl (C=O) groups is 3. The van der Waals surface area contributed by atoms with Gasteiger partial charge in [0.05, 0.1) is 16.6 Å². The van der Waals surface area contributed by atoms with Crippen LogP contribution in [0.3, 0.4) is 0 Å². The van der Waals surface area contributed by atoms with E-state index in [0.29, 0.717) is 18.7 Å². The number of halogens is 1. The molecule has 36 heavy (non-hydrogen) atoms. The quantitative estimate of drug-likeness (QED) is 0.315. The third-order valence-corrected chi connectivity index (χ3v) is 11.1. The second-order valence-corrected chi connectivity index (χ2v) is 12.7. The van der Waals surface area contributed by atoms with E-state index in [1.165, 1.54) is 0 Å². The fourth-order valence-corrected chi connectivity index (χ4v) is 9.98. The number of anilines is 1. The minimum atomic E-state index is -0.649. The summed E-state index contributed by atoms with van der Waals surface area (Å²) in [5.41, 5.74) is 0.699. The standard InChI is InChI=1S/C27H32BrN3O4S/c1-29-24(33)20-21-26(35)31(12-6-2-3-7-13-32)23(27(21)15-19(28)22(20)36-27)25(34)30-18-11-10-16-8-4-5-9-17(16)14-18/h4-5,8-11,14,19-23,32H,2-3,6-7,12-13,15H2,1H3,(H,29,33)(H,30,34)/t19?,20-,21+,22-,23?,27?/m1/s1. The predicted molar refractivity (Wildman–Crippen MR) is 146 cm³/mol. The van der Waals surface area contributed by atoms with Gasteiger partial charge in [-0.05, 0) is 42.2 Å². The summed E-state index contributed by atoms with van der Waals surface area (Å²) in [5, 5.41) is 17.0. The first-order valence-corrected chi connectivity index (χ1v) is 14.5. The maximum Gasteiger partial charge on any atom is 0.248 e. The van der Waals surface area contributed by atoms with E-state index in [0.717, 1.165) is 36.5 Å². The minimum Gasteiger partial charge on any atom is -0.396 e. The summed E-state index contributed by atoms with van der Waals surface area (Å²) >= 11 is 5.42. The summed E-state index contributed by atoms with van der Waals surface area (Å²) in [7, 11) is 1.61. The van der Waals surface area contributed by atoms with Crippen LogP contribution in [0.5, 0.6) is 0 Å². The molecule has 0 radical (unpaired) electrons. The van der Waals surface area contributed by atoms with Gasteiger partial charge < -0.3 is 20.6 Å². The van der Waals surface area contributed by atoms with Crippen LogP contribution < -0.4 is 10.6 Å². The topological polar surface area (TPSA) is 98.7 Å². The third kappa shape index (κ3) is 4.23. The number of likely N-dealkylation sites (tertiary alicyclic amines) is 1. The molecule has 2 aromatic carbocycles. The number of benzene rings is 2. The number of rotatable bonds is 9. The number of alkyl halides is 1. The van der Waals surface area contributed by atoms with Crippen LogP contribution in [0.4, 0.5) is 5.69 Å². The second kappa shape index (κ2) is 10.3. The van der Waals surface area contributed by atoms with E-state index >= 15 is 0 Å². The van der Waals surface area contributed by atoms with E-state index in [1.54, 1.807) is 23.7 Å². The van der Waals surface area contributed by atoms with E-state index in [4.69, 9.17) is 5.11 Å². The van der Waals surface area contributed by atoms with Crippen LogP contribution in [0.25, 0.3) is 10.8 Å². The molecule has 6 atom stereocenters. The highest BCUT2D eigenvalue weighted by atomic mass is 79.9. The molecule has 3 aliphatic rings. The zero-order valence-electron chi connectivity index (χ0n) is 20.3. The van der Waals surface area contributed by atoms with Gasteiger partial charge in [-0.15, -0.1) is 11.8 Å². The zero-order chi connectivity index (χ0) is 25.4. The first-order chi connectivity index (χ1) is 17.4. The molecule has 3 unspecified atom stereocenters. The van der Waals surface area contributed by atoms with Crippen LogP contribution in [0.15, 0.2) is 42.5 Å². The average molecular weight is 575 g/mol. The van der Waals surface area contributed by atoms with Crippen LogP contribution in [0.1, 0.15) is 32.1 Å². The number of unbranched alkanes of at least 4 members (excludes halogenated alkanes) is 3. The van der Waals surface area contributed by atoms with Crippen LogP contribution in [0, 0.1) is 11.8 Å². The molecule has 2 aromatic rings. The highest BCUT2D eigenvalue weighted by molar-refractivity contribution is 9.09. The number of carbonyl (C=O) groups excluding carboxylic acids is 3. The lowest BCUT2D eigenvalue weighted by molar-refractivity contribution is -0.139. The molecular formula is C27H32BrN3O4S. The predicted octanol–water partition coefficient (Wildman–Crippen LogP) is 3.54. The molecule has 0 aromatic heterocycles. The molecule has 2 bridgehead atoms. The second-order valence-electron chi connectivity index (χ2n) is 10.00. The average Bonchev–Trinajstić information content (AvgIpc) is 3.46. The maximum atomic E-state index is 14.0. The molecule has 3 N–H and O–H groups in total. The molecule has 3 amide bonds. The van der Waals surface area contributed by atoms with Crippen molar-refractivity contribution in [2.24, 2.45) is 11.8 Å². The van der Waals surface area contributed by atoms with Crippen molar-refractivity contribution in [2.45, 2.75) is 53.0 Å². The monoisotopic (exact) mass is 573 g/mol. The molecule has 1 spiro atoms. The van der Waals surface area contributed by atoms with E-state index in [2.05, 4.69) is 26.6 Å². The largest absolute Gasteiger partial charge is 0.396 e. The highest BCUT2D eigenvalue weighted by Gasteiger charge is 2.75. The number of hydrogen-bond acceptors (Lipinski definition) is 5. The Morgan fingerprint density at radius 1 is 1.11 bits per heavy atom. The number of hydrogen-bond donors (Lipinski definition) is 3. The minimum absolute atomic E-state index is 0.0402. The smallest absolute Gasteiger partial charge is 0.248 e. The fraction of sp³-hybridized carbons (Fsp3) is 0.519. The number of amides is 3. The number of aliphatic hydroxyl groups excluding tert-OH is 1. The first kappa shape index (κ1) is 25.5. The van der Waals surface area contributed by atoms with Crippen molar-refractivity contribution in [1.82, 2.24) is 10.2 Å². The SMILES string of the molecule is CNC(=O)[C@H]1[C@@H]2SC3(CC2Br)C(C(=O)Nc2ccc4ccccc4c2)N(CCCCCCO)C(=O)[C@H]13. The van der Waals surface area contributed by atoms with Gasteiger partial charge in [0.25, 0.3) is 0 Å². The van der Waals surface area contributed by atoms with Crippen molar-refractivity contribution in [3.05, 3.63) is 42.5 Å². The number of thioether (sulfide) groups is 1. The van der Waals surface area contributed by atoms with Crippen LogP contribution in [0.2, 0.25) is 0 Å². The summed E-state index contributed by atoms with van der Waals surface area (Å²) in [6.07, 6.45) is 3.90. The Hall–Kier alpha value is -2.10. The first-order valence-electron chi connectivity index (χ1n) is 12.7. The Labute approximate surface area is 223 Å². The molecule has 5 rings (SSSR count). The summed E-state index contributed by atoms with van der Waals surface area (Å²) < 4.78 is -0.640. The van der Waals surface area contributed by atoms with Gasteiger partial charge in [-0.2, -0.15) is 0 Å². The number of aliphatic hydroxyl groups is 1. The van der Waals surface area contributed by atoms with Crippen molar-refractivity contribution in [3.8, 4) is 0 Å². The van der Waals surface area contributed by atoms with Gasteiger partial charge in [0, 0.05) is 36.0 Å². The van der Waals surface area contributed by atoms with E-state index in [-0.39, 0.29) is 34.4 Å². The molecule has 3 aliphatic heterocycles. The Kier molecular flexibility index (Phi) is 7.34. The molecule has 3 heterocycles. The van der Waals surface area contributed by atoms with Crippen LogP contribution in [-0.4, -0.2) is 68.8 Å². The number of fused-ring (bicyclic) bond motifs is 2. The summed E-state index contributed by atoms with van der Waals surface area (Å²) in [6.45, 7) is 0.625. The number of nitrogens with zero attached hydrogens (tertiary/aromatic N) is 1. The van der Waals surface area contributed by atoms with E-state index in [9.17, 15) is 14.4 Å². The summed E-state index contributed by atoms with van der Waals surface area (Å²) in [5.74, 6) is -1.37. The Bertz CT molecular complexity index is 1180. The van der Waals surface area contributed by atoms with Crippen molar-refractivity contribution < 1.29 is 19.5 Å². The lowest BCUT2D eigenvalue weighted by atomic mass is 9.70. The van der Waals surface area contributed by atoms with Crippen LogP contribution >= 0.6 is 27.7 Å². The molecule has 3 fully saturated rings. The van der Waals surface area contributed by atoms with Gasteiger partial charge in [0.1, 0.15) is 6.04 Å². The van der Waals surface area contributed by atoms with E-state index < -0.39 is 22.6 Å². The highest BCUT2D eigenvalue weighted by Crippen LogP contribution is 2.67. The number of nitrogens with one attached hydrogen (secondary N) is 2. The van der Waals surface area contributed by atoms with Gasteiger partial charge in [0.15, 0.2) is 0 Å². The summed E-state index contributed by atoms with van der Waals surface area (Å²) in [6, 6.07) is 13.2. The normalized spacial score (nSPS) is 30.6. The van der Waals surface area contributed by atoms with Crippen molar-refractivity contribution in [3.63, 3.8) is 0 Å². The molecule has 9 heteroatoms. The maximum absolute atomic E-state index is 14.0. The molecular weight excluding hydrogens is 542 g/mol. The van der Waals surface area contributed by atoms with Crippen molar-refractivity contribution in [1.29, 1.82) is 0 Å². The van der Waals surface area contributed by atoms with Gasteiger partial charge in [-0.1, -0.05) is 59.1 Å². The summed E-state index contributed by atoms with van der Waals surface area (Å²) in [4.78, 5) is 42.6. The third-order valence-electron chi connectivity index (χ3n) is 7.91. The molecule has 192 valence electrons. The fourth-order valence-electron chi connectivity index (χ4n) is 6.36. The Balaban J connectivity index is 1.45. The molecule has 3 saturated heterocycles. The molecule has 0 saturated carbocycles. The Morgan fingerprint density at radius 2 is 1.86 bits per heavy atom. The van der Waals surface area contributed by atoms with E-state index in [1.807, 2.05) is 42.5 Å².